The summed E-state index contributed by atoms with van der Waals surface area (Å²) in [5.74, 6) is -0.380. The largest absolute Gasteiger partial charge is 0.289 e. The van der Waals surface area contributed by atoms with Crippen LogP contribution in [0.25, 0.3) is 11.3 Å². The molecule has 0 unspecified atom stereocenters. The summed E-state index contributed by atoms with van der Waals surface area (Å²) in [7, 11) is 0. The number of hydrogen-bond donors (Lipinski definition) is 2. The molecule has 1 aromatic heterocycles. The summed E-state index contributed by atoms with van der Waals surface area (Å²) in [4.78, 5) is 12.1. The number of hydrogen-bond acceptors (Lipinski definition) is 3. The summed E-state index contributed by atoms with van der Waals surface area (Å²) in [6.45, 7) is 0. The van der Waals surface area contributed by atoms with Gasteiger partial charge in [0, 0.05) is 10.0 Å². The van der Waals surface area contributed by atoms with Crippen molar-refractivity contribution in [3.05, 3.63) is 75.4 Å². The Balaban J connectivity index is 1.68. The Bertz CT molecular complexity index is 890. The van der Waals surface area contributed by atoms with E-state index in [1.54, 1.807) is 18.3 Å². The first-order valence-corrected chi connectivity index (χ1v) is 8.20. The third-order valence-corrected chi connectivity index (χ3v) is 4.08. The molecule has 0 aliphatic heterocycles. The van der Waals surface area contributed by atoms with E-state index in [1.165, 1.54) is 0 Å². The lowest BCUT2D eigenvalue weighted by atomic mass is 10.1. The fourth-order valence-corrected chi connectivity index (χ4v) is 2.52. The van der Waals surface area contributed by atoms with Crippen LogP contribution in [0.1, 0.15) is 16.1 Å². The first-order chi connectivity index (χ1) is 11.6. The van der Waals surface area contributed by atoms with Crippen LogP contribution < -0.4 is 5.43 Å². The zero-order valence-corrected chi connectivity index (χ0v) is 14.7. The van der Waals surface area contributed by atoms with Gasteiger partial charge in [-0.15, -0.1) is 0 Å². The van der Waals surface area contributed by atoms with Gasteiger partial charge in [-0.2, -0.15) is 10.2 Å². The van der Waals surface area contributed by atoms with Crippen LogP contribution in [0.5, 0.6) is 0 Å². The van der Waals surface area contributed by atoms with Crippen molar-refractivity contribution in [3.8, 4) is 11.3 Å². The molecular weight excluding hydrogens is 392 g/mol. The molecule has 0 aliphatic rings. The van der Waals surface area contributed by atoms with E-state index in [0.717, 1.165) is 15.6 Å². The molecule has 1 amide bonds. The normalized spacial score (nSPS) is 10.9. The number of nitrogens with zero attached hydrogens (tertiary/aromatic N) is 2. The minimum absolute atomic E-state index is 0.304. The number of nitrogens with one attached hydrogen (secondary N) is 2. The van der Waals surface area contributed by atoms with E-state index in [-0.39, 0.29) is 5.91 Å². The van der Waals surface area contributed by atoms with E-state index in [4.69, 9.17) is 11.6 Å². The lowest BCUT2D eigenvalue weighted by Gasteiger charge is -1.98. The van der Waals surface area contributed by atoms with Crippen LogP contribution in [0.2, 0.25) is 5.02 Å². The number of amides is 1. The van der Waals surface area contributed by atoms with Crippen LogP contribution in [0, 0.1) is 0 Å². The molecule has 0 bridgehead atoms. The molecule has 0 aliphatic carbocycles. The van der Waals surface area contributed by atoms with Gasteiger partial charge in [0.15, 0.2) is 0 Å². The molecule has 1 heterocycles. The van der Waals surface area contributed by atoms with Gasteiger partial charge in [0.05, 0.1) is 16.9 Å². The summed E-state index contributed by atoms with van der Waals surface area (Å²) in [6.07, 6.45) is 1.57. The first-order valence-electron chi connectivity index (χ1n) is 7.03. The van der Waals surface area contributed by atoms with Crippen LogP contribution >= 0.6 is 27.5 Å². The van der Waals surface area contributed by atoms with Crippen molar-refractivity contribution in [3.63, 3.8) is 0 Å². The van der Waals surface area contributed by atoms with Crippen molar-refractivity contribution < 1.29 is 4.79 Å². The Kier molecular flexibility index (Phi) is 5.08. The molecule has 3 rings (SSSR count). The molecular formula is C17H12BrClN4O. The van der Waals surface area contributed by atoms with Gasteiger partial charge in [-0.3, -0.25) is 9.89 Å². The van der Waals surface area contributed by atoms with Crippen molar-refractivity contribution in [2.24, 2.45) is 5.10 Å². The Labute approximate surface area is 151 Å². The summed E-state index contributed by atoms with van der Waals surface area (Å²) in [6, 6.07) is 16.5. The van der Waals surface area contributed by atoms with Crippen LogP contribution in [-0.4, -0.2) is 22.3 Å². The topological polar surface area (TPSA) is 70.1 Å². The van der Waals surface area contributed by atoms with E-state index in [1.807, 2.05) is 42.5 Å². The summed E-state index contributed by atoms with van der Waals surface area (Å²) in [5, 5.41) is 11.3. The van der Waals surface area contributed by atoms with Crippen molar-refractivity contribution in [1.82, 2.24) is 15.6 Å². The minimum atomic E-state index is -0.380. The molecule has 0 spiro atoms. The Morgan fingerprint density at radius 3 is 2.71 bits per heavy atom. The number of aromatic amines is 1. The van der Waals surface area contributed by atoms with Crippen LogP contribution in [0.4, 0.5) is 0 Å². The predicted molar refractivity (Wildman–Crippen MR) is 98.2 cm³/mol. The van der Waals surface area contributed by atoms with Crippen LogP contribution in [0.3, 0.4) is 0 Å². The molecule has 0 saturated carbocycles. The summed E-state index contributed by atoms with van der Waals surface area (Å²) >= 11 is 9.49. The van der Waals surface area contributed by atoms with Gasteiger partial charge in [-0.25, -0.2) is 5.43 Å². The Morgan fingerprint density at radius 2 is 1.96 bits per heavy atom. The van der Waals surface area contributed by atoms with Crippen molar-refractivity contribution in [1.29, 1.82) is 0 Å². The zero-order chi connectivity index (χ0) is 16.9. The lowest BCUT2D eigenvalue weighted by molar-refractivity contribution is 0.0950. The van der Waals surface area contributed by atoms with Gasteiger partial charge < -0.3 is 0 Å². The number of rotatable bonds is 4. The van der Waals surface area contributed by atoms with Gasteiger partial charge in [0.25, 0.3) is 5.91 Å². The van der Waals surface area contributed by atoms with Gasteiger partial charge in [0.1, 0.15) is 5.69 Å². The molecule has 24 heavy (non-hydrogen) atoms. The second-order valence-electron chi connectivity index (χ2n) is 4.90. The number of carbonyl (C=O) groups is 1. The third kappa shape index (κ3) is 3.90. The van der Waals surface area contributed by atoms with Crippen molar-refractivity contribution >= 4 is 39.7 Å². The highest BCUT2D eigenvalue weighted by Gasteiger charge is 2.12. The maximum Gasteiger partial charge on any atom is 0.289 e. The molecule has 7 heteroatoms. The van der Waals surface area contributed by atoms with Crippen molar-refractivity contribution in [2.75, 3.05) is 0 Å². The highest BCUT2D eigenvalue weighted by Crippen LogP contribution is 2.26. The second kappa shape index (κ2) is 7.42. The number of halogens is 2. The molecule has 120 valence electrons. The number of carbonyl (C=O) groups excluding carboxylic acids is 1. The van der Waals surface area contributed by atoms with E-state index in [2.05, 4.69) is 36.7 Å². The average molecular weight is 404 g/mol. The van der Waals surface area contributed by atoms with Gasteiger partial charge >= 0.3 is 0 Å². The monoisotopic (exact) mass is 402 g/mol. The standard InChI is InChI=1S/C17H12BrClN4O/c18-12-7-5-11(6-8-12)10-20-23-17(24)16-9-15(21-22-16)13-3-1-2-4-14(13)19/h1-10H,(H,21,22)(H,23,24)/b20-10-. The smallest absolute Gasteiger partial charge is 0.272 e. The second-order valence-corrected chi connectivity index (χ2v) is 6.22. The maximum absolute atomic E-state index is 12.1. The molecule has 0 fully saturated rings. The Morgan fingerprint density at radius 1 is 1.21 bits per heavy atom. The van der Waals surface area contributed by atoms with Gasteiger partial charge in [-0.1, -0.05) is 57.9 Å². The number of benzene rings is 2. The average Bonchev–Trinajstić information content (AvgIpc) is 3.07. The molecule has 2 N–H and O–H groups in total. The fourth-order valence-electron chi connectivity index (χ4n) is 2.02. The van der Waals surface area contributed by atoms with Gasteiger partial charge in [0.2, 0.25) is 0 Å². The Hall–Kier alpha value is -2.44. The molecule has 0 saturated heterocycles. The lowest BCUT2D eigenvalue weighted by Crippen LogP contribution is -2.17. The van der Waals surface area contributed by atoms with E-state index < -0.39 is 0 Å². The maximum atomic E-state index is 12.1. The highest BCUT2D eigenvalue weighted by atomic mass is 79.9. The fraction of sp³-hybridized carbons (Fsp3) is 0. The zero-order valence-electron chi connectivity index (χ0n) is 12.3. The molecule has 3 aromatic rings. The number of hydrazone groups is 1. The van der Waals surface area contributed by atoms with E-state index in [0.29, 0.717) is 16.4 Å². The quantitative estimate of drug-likeness (QED) is 0.505. The van der Waals surface area contributed by atoms with E-state index in [9.17, 15) is 4.79 Å². The molecule has 0 radical (unpaired) electrons. The molecule has 0 atom stereocenters. The predicted octanol–water partition coefficient (Wildman–Crippen LogP) is 4.26. The third-order valence-electron chi connectivity index (χ3n) is 3.22. The van der Waals surface area contributed by atoms with Gasteiger partial charge in [-0.05, 0) is 29.8 Å². The molecule has 2 aromatic carbocycles. The highest BCUT2D eigenvalue weighted by molar-refractivity contribution is 9.10. The van der Waals surface area contributed by atoms with Crippen molar-refractivity contribution in [2.45, 2.75) is 0 Å². The summed E-state index contributed by atoms with van der Waals surface area (Å²) in [5.41, 5.74) is 4.99. The van der Waals surface area contributed by atoms with E-state index >= 15 is 0 Å². The SMILES string of the molecule is O=C(N/N=C\c1ccc(Br)cc1)c1cc(-c2ccccc2Cl)n[nH]1. The number of aromatic nitrogens is 2. The van der Waals surface area contributed by atoms with Crippen LogP contribution in [0.15, 0.2) is 64.2 Å². The summed E-state index contributed by atoms with van der Waals surface area (Å²) < 4.78 is 0.980. The van der Waals surface area contributed by atoms with Crippen LogP contribution in [-0.2, 0) is 0 Å². The first kappa shape index (κ1) is 16.4. The molecule has 5 nitrogen and oxygen atoms in total. The number of H-pyrrole nitrogens is 1. The minimum Gasteiger partial charge on any atom is -0.272 e.